The first-order chi connectivity index (χ1) is 7.20. The fourth-order valence-electron chi connectivity index (χ4n) is 1.20. The van der Waals surface area contributed by atoms with E-state index in [-0.39, 0.29) is 12.4 Å². The lowest BCUT2D eigenvalue weighted by molar-refractivity contribution is 0.281. The van der Waals surface area contributed by atoms with Gasteiger partial charge in [0.25, 0.3) is 0 Å². The smallest absolute Gasteiger partial charge is 0.132 e. The maximum Gasteiger partial charge on any atom is 0.132 e. The molecule has 0 bridgehead atoms. The predicted molar refractivity (Wildman–Crippen MR) is 61.1 cm³/mol. The first-order valence-electron chi connectivity index (χ1n) is 4.21. The zero-order valence-electron chi connectivity index (χ0n) is 7.58. The Morgan fingerprint density at radius 1 is 1.47 bits per heavy atom. The van der Waals surface area contributed by atoms with E-state index in [1.807, 2.05) is 0 Å². The van der Waals surface area contributed by atoms with Gasteiger partial charge in [0.1, 0.15) is 10.8 Å². The Balaban J connectivity index is 2.48. The second-order valence-corrected chi connectivity index (χ2v) is 4.77. The van der Waals surface area contributed by atoms with E-state index in [0.29, 0.717) is 16.3 Å². The van der Waals surface area contributed by atoms with E-state index < -0.39 is 0 Å². The Kier molecular flexibility index (Phi) is 3.14. The maximum absolute atomic E-state index is 13.4. The number of hydrogen-bond acceptors (Lipinski definition) is 3. The lowest BCUT2D eigenvalue weighted by Gasteiger charge is -1.99. The largest absolute Gasteiger partial charge is 0.389 e. The summed E-state index contributed by atoms with van der Waals surface area (Å²) in [6, 6.07) is 4.70. The van der Waals surface area contributed by atoms with Crippen molar-refractivity contribution in [2.45, 2.75) is 6.61 Å². The molecule has 0 aliphatic carbocycles. The summed E-state index contributed by atoms with van der Waals surface area (Å²) >= 11 is 4.59. The van der Waals surface area contributed by atoms with Crippen LogP contribution in [-0.4, -0.2) is 10.1 Å². The van der Waals surface area contributed by atoms with E-state index in [9.17, 15) is 4.39 Å². The van der Waals surface area contributed by atoms with Crippen molar-refractivity contribution in [3.05, 3.63) is 38.9 Å². The van der Waals surface area contributed by atoms with Crippen molar-refractivity contribution < 1.29 is 9.50 Å². The molecule has 0 saturated heterocycles. The number of aliphatic hydroxyl groups excluding tert-OH is 1. The summed E-state index contributed by atoms with van der Waals surface area (Å²) in [6.45, 7) is -0.111. The highest BCUT2D eigenvalue weighted by molar-refractivity contribution is 9.10. The van der Waals surface area contributed by atoms with E-state index in [1.165, 1.54) is 17.4 Å². The molecule has 0 spiro atoms. The average Bonchev–Trinajstić information content (AvgIpc) is 2.70. The molecule has 0 fully saturated rings. The Bertz CT molecular complexity index is 486. The van der Waals surface area contributed by atoms with Crippen molar-refractivity contribution in [2.24, 2.45) is 0 Å². The lowest BCUT2D eigenvalue weighted by Crippen LogP contribution is -1.86. The van der Waals surface area contributed by atoms with Crippen LogP contribution >= 0.6 is 27.3 Å². The van der Waals surface area contributed by atoms with Gasteiger partial charge >= 0.3 is 0 Å². The molecule has 78 valence electrons. The highest BCUT2D eigenvalue weighted by Crippen LogP contribution is 2.27. The third kappa shape index (κ3) is 2.25. The fraction of sp³-hybridized carbons (Fsp3) is 0.100. The van der Waals surface area contributed by atoms with Crippen molar-refractivity contribution >= 4 is 27.3 Å². The monoisotopic (exact) mass is 287 g/mol. The minimum Gasteiger partial charge on any atom is -0.389 e. The number of benzene rings is 1. The molecule has 0 unspecified atom stereocenters. The van der Waals surface area contributed by atoms with Gasteiger partial charge in [-0.05, 0) is 18.2 Å². The predicted octanol–water partition coefficient (Wildman–Crippen LogP) is 3.20. The van der Waals surface area contributed by atoms with Crippen molar-refractivity contribution in [2.75, 3.05) is 0 Å². The Morgan fingerprint density at radius 3 is 2.93 bits per heavy atom. The number of halogens is 2. The van der Waals surface area contributed by atoms with Crippen molar-refractivity contribution in [3.63, 3.8) is 0 Å². The van der Waals surface area contributed by atoms with E-state index in [4.69, 9.17) is 5.11 Å². The lowest BCUT2D eigenvalue weighted by atomic mass is 10.1. The van der Waals surface area contributed by atoms with Crippen LogP contribution in [0.25, 0.3) is 11.3 Å². The molecular formula is C10H7BrFNOS. The second kappa shape index (κ2) is 4.38. The minimum absolute atomic E-state index is 0.111. The summed E-state index contributed by atoms with van der Waals surface area (Å²) in [6.07, 6.45) is 0. The average molecular weight is 288 g/mol. The van der Waals surface area contributed by atoms with Crippen LogP contribution in [-0.2, 0) is 6.61 Å². The topological polar surface area (TPSA) is 33.1 Å². The van der Waals surface area contributed by atoms with Crippen LogP contribution in [0.1, 0.15) is 5.01 Å². The molecule has 1 aromatic carbocycles. The Morgan fingerprint density at radius 2 is 2.27 bits per heavy atom. The van der Waals surface area contributed by atoms with E-state index >= 15 is 0 Å². The number of thiazole rings is 1. The highest BCUT2D eigenvalue weighted by atomic mass is 79.9. The summed E-state index contributed by atoms with van der Waals surface area (Å²) in [4.78, 5) is 4.11. The van der Waals surface area contributed by atoms with Crippen molar-refractivity contribution in [1.29, 1.82) is 0 Å². The standard InChI is InChI=1S/C10H7BrFNOS/c11-6-1-2-8(12)7(3-6)9-5-15-10(4-14)13-9/h1-3,5,14H,4H2. The van der Waals surface area contributed by atoms with E-state index in [2.05, 4.69) is 20.9 Å². The molecule has 2 rings (SSSR count). The number of rotatable bonds is 2. The summed E-state index contributed by atoms with van der Waals surface area (Å²) in [5, 5.41) is 11.2. The molecule has 0 radical (unpaired) electrons. The van der Waals surface area contributed by atoms with E-state index in [1.54, 1.807) is 17.5 Å². The van der Waals surface area contributed by atoms with Crippen LogP contribution < -0.4 is 0 Å². The first-order valence-corrected chi connectivity index (χ1v) is 5.88. The third-order valence-corrected chi connectivity index (χ3v) is 3.22. The second-order valence-electron chi connectivity index (χ2n) is 2.91. The van der Waals surface area contributed by atoms with Gasteiger partial charge < -0.3 is 5.11 Å². The quantitative estimate of drug-likeness (QED) is 0.920. The molecule has 1 aromatic heterocycles. The van der Waals surface area contributed by atoms with Gasteiger partial charge in [-0.25, -0.2) is 9.37 Å². The maximum atomic E-state index is 13.4. The molecule has 1 N–H and O–H groups in total. The molecule has 2 nitrogen and oxygen atoms in total. The van der Waals surface area contributed by atoms with Crippen LogP contribution in [0.2, 0.25) is 0 Å². The number of nitrogens with zero attached hydrogens (tertiary/aromatic N) is 1. The van der Waals surface area contributed by atoms with Crippen LogP contribution in [0.3, 0.4) is 0 Å². The van der Waals surface area contributed by atoms with Gasteiger partial charge in [-0.2, -0.15) is 0 Å². The SMILES string of the molecule is OCc1nc(-c2cc(Br)ccc2F)cs1. The zero-order chi connectivity index (χ0) is 10.8. The number of aromatic nitrogens is 1. The van der Waals surface area contributed by atoms with Crippen LogP contribution in [0.15, 0.2) is 28.1 Å². The molecule has 5 heteroatoms. The summed E-state index contributed by atoms with van der Waals surface area (Å²) in [7, 11) is 0. The van der Waals surface area contributed by atoms with Crippen LogP contribution in [0.4, 0.5) is 4.39 Å². The van der Waals surface area contributed by atoms with Gasteiger partial charge in [-0.15, -0.1) is 11.3 Å². The molecule has 0 aliphatic rings. The van der Waals surface area contributed by atoms with Crippen LogP contribution in [0, 0.1) is 5.82 Å². The fourth-order valence-corrected chi connectivity index (χ4v) is 2.22. The Labute approximate surface area is 98.5 Å². The van der Waals surface area contributed by atoms with Gasteiger partial charge in [0.05, 0.1) is 12.3 Å². The first kappa shape index (κ1) is 10.7. The molecule has 2 aromatic rings. The normalized spacial score (nSPS) is 10.6. The molecule has 1 heterocycles. The minimum atomic E-state index is -0.312. The summed E-state index contributed by atoms with van der Waals surface area (Å²) < 4.78 is 14.3. The van der Waals surface area contributed by atoms with Gasteiger partial charge in [0.2, 0.25) is 0 Å². The summed E-state index contributed by atoms with van der Waals surface area (Å²) in [5.74, 6) is -0.312. The molecule has 0 amide bonds. The molecular weight excluding hydrogens is 281 g/mol. The highest BCUT2D eigenvalue weighted by Gasteiger charge is 2.09. The van der Waals surface area contributed by atoms with Crippen molar-refractivity contribution in [1.82, 2.24) is 4.98 Å². The van der Waals surface area contributed by atoms with Gasteiger partial charge in [-0.3, -0.25) is 0 Å². The molecule has 0 atom stereocenters. The third-order valence-electron chi connectivity index (χ3n) is 1.89. The van der Waals surface area contributed by atoms with Gasteiger partial charge in [0, 0.05) is 15.4 Å². The van der Waals surface area contributed by atoms with Gasteiger partial charge in [0.15, 0.2) is 0 Å². The molecule has 0 saturated carbocycles. The number of aliphatic hydroxyl groups is 1. The summed E-state index contributed by atoms with van der Waals surface area (Å²) in [5.41, 5.74) is 1.00. The van der Waals surface area contributed by atoms with Gasteiger partial charge in [-0.1, -0.05) is 15.9 Å². The van der Waals surface area contributed by atoms with Crippen molar-refractivity contribution in [3.8, 4) is 11.3 Å². The number of hydrogen-bond donors (Lipinski definition) is 1. The van der Waals surface area contributed by atoms with E-state index in [0.717, 1.165) is 4.47 Å². The Hall–Kier alpha value is -0.780. The molecule has 0 aliphatic heterocycles. The molecule has 15 heavy (non-hydrogen) atoms. The zero-order valence-corrected chi connectivity index (χ0v) is 9.98. The van der Waals surface area contributed by atoms with Crippen LogP contribution in [0.5, 0.6) is 0 Å².